The third-order valence-electron chi connectivity index (χ3n) is 2.21. The minimum Gasteiger partial charge on any atom is -0.391 e. The number of likely N-dealkylation sites (N-methyl/N-ethyl adjacent to an activating group) is 1. The van der Waals surface area contributed by atoms with Crippen LogP contribution in [0.2, 0.25) is 0 Å². The number of nitrogens with one attached hydrogen (secondary N) is 1. The molecule has 2 N–H and O–H groups in total. The smallest absolute Gasteiger partial charge is 0.139 e. The molecule has 0 saturated carbocycles. The van der Waals surface area contributed by atoms with Crippen LogP contribution in [-0.2, 0) is 4.79 Å². The average Bonchev–Trinajstić information content (AvgIpc) is 2.19. The Labute approximate surface area is 85.5 Å². The molecule has 0 aromatic heterocycles. The molecule has 0 heterocycles. The largest absolute Gasteiger partial charge is 0.391 e. The maximum Gasteiger partial charge on any atom is 0.139 e. The second-order valence-electron chi connectivity index (χ2n) is 3.32. The van der Waals surface area contributed by atoms with Crippen molar-refractivity contribution in [2.24, 2.45) is 5.92 Å². The first-order valence-corrected chi connectivity index (χ1v) is 4.75. The summed E-state index contributed by atoms with van der Waals surface area (Å²) in [6.07, 6.45) is 6.27. The highest BCUT2D eigenvalue weighted by atomic mass is 16.3. The van der Waals surface area contributed by atoms with Crippen LogP contribution >= 0.6 is 0 Å². The number of allylic oxidation sites excluding steroid dienone is 3. The van der Waals surface area contributed by atoms with Gasteiger partial charge < -0.3 is 15.2 Å². The maximum atomic E-state index is 10.6. The van der Waals surface area contributed by atoms with Gasteiger partial charge in [-0.15, -0.1) is 0 Å². The zero-order valence-corrected chi connectivity index (χ0v) is 8.81. The molecule has 0 aromatic rings. The number of rotatable bonds is 7. The fraction of sp³-hybridized carbons (Fsp3) is 0.545. The summed E-state index contributed by atoms with van der Waals surface area (Å²) in [5, 5.41) is 12.5. The topological polar surface area (TPSA) is 49.3 Å². The van der Waals surface area contributed by atoms with Crippen molar-refractivity contribution in [1.82, 2.24) is 5.32 Å². The SMILES string of the molecule is C=C/C=C\CC(C)C(O)C(C=O)NC. The van der Waals surface area contributed by atoms with E-state index in [9.17, 15) is 9.90 Å². The Hall–Kier alpha value is -0.930. The first kappa shape index (κ1) is 13.1. The summed E-state index contributed by atoms with van der Waals surface area (Å²) in [7, 11) is 1.66. The molecule has 3 heteroatoms. The molecule has 0 aliphatic rings. The molecular formula is C11H19NO2. The number of carbonyl (C=O) groups is 1. The molecule has 0 radical (unpaired) electrons. The van der Waals surface area contributed by atoms with Crippen LogP contribution in [0.15, 0.2) is 24.8 Å². The summed E-state index contributed by atoms with van der Waals surface area (Å²) in [6, 6.07) is -0.484. The van der Waals surface area contributed by atoms with E-state index in [0.717, 1.165) is 12.7 Å². The van der Waals surface area contributed by atoms with E-state index in [1.165, 1.54) is 0 Å². The van der Waals surface area contributed by atoms with Gasteiger partial charge in [0.1, 0.15) is 6.29 Å². The molecule has 0 aliphatic heterocycles. The predicted molar refractivity (Wildman–Crippen MR) is 58.0 cm³/mol. The van der Waals surface area contributed by atoms with E-state index < -0.39 is 12.1 Å². The second kappa shape index (κ2) is 7.47. The molecule has 3 atom stereocenters. The van der Waals surface area contributed by atoms with Crippen molar-refractivity contribution in [1.29, 1.82) is 0 Å². The number of aldehydes is 1. The lowest BCUT2D eigenvalue weighted by molar-refractivity contribution is -0.112. The van der Waals surface area contributed by atoms with Crippen LogP contribution in [0, 0.1) is 5.92 Å². The van der Waals surface area contributed by atoms with Crippen LogP contribution in [0.5, 0.6) is 0 Å². The van der Waals surface area contributed by atoms with Gasteiger partial charge in [0.15, 0.2) is 0 Å². The van der Waals surface area contributed by atoms with Gasteiger partial charge in [0, 0.05) is 0 Å². The van der Waals surface area contributed by atoms with Gasteiger partial charge in [-0.1, -0.05) is 31.7 Å². The quantitative estimate of drug-likeness (QED) is 0.471. The Morgan fingerprint density at radius 2 is 2.21 bits per heavy atom. The molecule has 80 valence electrons. The van der Waals surface area contributed by atoms with Gasteiger partial charge >= 0.3 is 0 Å². The molecule has 0 spiro atoms. The molecular weight excluding hydrogens is 178 g/mol. The van der Waals surface area contributed by atoms with Crippen molar-refractivity contribution >= 4 is 6.29 Å². The minimum atomic E-state index is -0.646. The molecule has 0 fully saturated rings. The van der Waals surface area contributed by atoms with Crippen LogP contribution in [0.3, 0.4) is 0 Å². The summed E-state index contributed by atoms with van der Waals surface area (Å²) < 4.78 is 0. The van der Waals surface area contributed by atoms with E-state index >= 15 is 0 Å². The zero-order valence-electron chi connectivity index (χ0n) is 8.81. The van der Waals surface area contributed by atoms with E-state index in [1.807, 2.05) is 19.1 Å². The number of aliphatic hydroxyl groups is 1. The van der Waals surface area contributed by atoms with E-state index in [0.29, 0.717) is 0 Å². The lowest BCUT2D eigenvalue weighted by atomic mass is 9.95. The van der Waals surface area contributed by atoms with Gasteiger partial charge in [0.25, 0.3) is 0 Å². The number of hydrogen-bond donors (Lipinski definition) is 2. The van der Waals surface area contributed by atoms with E-state index in [4.69, 9.17) is 0 Å². The molecule has 0 bridgehead atoms. The normalized spacial score (nSPS) is 17.6. The third kappa shape index (κ3) is 4.35. The summed E-state index contributed by atoms with van der Waals surface area (Å²) in [6.45, 7) is 5.46. The standard InChI is InChI=1S/C11H19NO2/c1-4-5-6-7-9(2)11(14)10(8-13)12-3/h4-6,8-12,14H,1,7H2,2-3H3/b6-5-. The minimum absolute atomic E-state index is 0.0499. The van der Waals surface area contributed by atoms with Crippen LogP contribution in [0.1, 0.15) is 13.3 Å². The van der Waals surface area contributed by atoms with E-state index in [-0.39, 0.29) is 5.92 Å². The Morgan fingerprint density at radius 3 is 2.64 bits per heavy atom. The molecule has 14 heavy (non-hydrogen) atoms. The average molecular weight is 197 g/mol. The first-order valence-electron chi connectivity index (χ1n) is 4.75. The van der Waals surface area contributed by atoms with E-state index in [1.54, 1.807) is 13.1 Å². The molecule has 3 unspecified atom stereocenters. The lowest BCUT2D eigenvalue weighted by Crippen LogP contribution is -2.42. The molecule has 0 aliphatic carbocycles. The van der Waals surface area contributed by atoms with Gasteiger partial charge in [-0.2, -0.15) is 0 Å². The summed E-state index contributed by atoms with van der Waals surface area (Å²) >= 11 is 0. The van der Waals surface area contributed by atoms with Crippen molar-refractivity contribution in [2.75, 3.05) is 7.05 Å². The summed E-state index contributed by atoms with van der Waals surface area (Å²) in [4.78, 5) is 10.6. The van der Waals surface area contributed by atoms with Crippen LogP contribution in [0.4, 0.5) is 0 Å². The Bertz CT molecular complexity index is 201. The number of carbonyl (C=O) groups excluding carboxylic acids is 1. The summed E-state index contributed by atoms with van der Waals surface area (Å²) in [5.41, 5.74) is 0. The summed E-state index contributed by atoms with van der Waals surface area (Å²) in [5.74, 6) is 0.0499. The van der Waals surface area contributed by atoms with Gasteiger partial charge in [0.05, 0.1) is 12.1 Å². The molecule has 0 amide bonds. The van der Waals surface area contributed by atoms with Crippen molar-refractivity contribution in [3.05, 3.63) is 24.8 Å². The maximum absolute atomic E-state index is 10.6. The first-order chi connectivity index (χ1) is 6.67. The molecule has 3 nitrogen and oxygen atoms in total. The van der Waals surface area contributed by atoms with Crippen LogP contribution in [-0.4, -0.2) is 30.6 Å². The highest BCUT2D eigenvalue weighted by molar-refractivity contribution is 5.58. The van der Waals surface area contributed by atoms with Crippen molar-refractivity contribution < 1.29 is 9.90 Å². The monoisotopic (exact) mass is 197 g/mol. The van der Waals surface area contributed by atoms with Crippen LogP contribution < -0.4 is 5.32 Å². The fourth-order valence-corrected chi connectivity index (χ4v) is 1.20. The Balaban J connectivity index is 4.08. The Kier molecular flexibility index (Phi) is 6.98. The molecule has 0 saturated heterocycles. The van der Waals surface area contributed by atoms with Crippen molar-refractivity contribution in [2.45, 2.75) is 25.5 Å². The van der Waals surface area contributed by atoms with Crippen molar-refractivity contribution in [3.8, 4) is 0 Å². The lowest BCUT2D eigenvalue weighted by Gasteiger charge is -2.22. The van der Waals surface area contributed by atoms with Crippen LogP contribution in [0.25, 0.3) is 0 Å². The number of aliphatic hydroxyl groups excluding tert-OH is 1. The third-order valence-corrected chi connectivity index (χ3v) is 2.21. The zero-order chi connectivity index (χ0) is 11.0. The number of hydrogen-bond acceptors (Lipinski definition) is 3. The van der Waals surface area contributed by atoms with Crippen molar-refractivity contribution in [3.63, 3.8) is 0 Å². The predicted octanol–water partition coefficient (Wildman–Crippen LogP) is 0.903. The second-order valence-corrected chi connectivity index (χ2v) is 3.32. The highest BCUT2D eigenvalue weighted by Gasteiger charge is 2.21. The Morgan fingerprint density at radius 1 is 1.57 bits per heavy atom. The fourth-order valence-electron chi connectivity index (χ4n) is 1.20. The van der Waals surface area contributed by atoms with Gasteiger partial charge in [-0.25, -0.2) is 0 Å². The van der Waals surface area contributed by atoms with Gasteiger partial charge in [-0.05, 0) is 19.4 Å². The highest BCUT2D eigenvalue weighted by Crippen LogP contribution is 2.11. The van der Waals surface area contributed by atoms with E-state index in [2.05, 4.69) is 11.9 Å². The molecule has 0 aromatic carbocycles. The molecule has 0 rings (SSSR count). The van der Waals surface area contributed by atoms with Gasteiger partial charge in [0.2, 0.25) is 0 Å². The van der Waals surface area contributed by atoms with Gasteiger partial charge in [-0.3, -0.25) is 0 Å².